The number of aryl methyl sites for hydroxylation is 1. The second-order valence-corrected chi connectivity index (χ2v) is 3.94. The van der Waals surface area contributed by atoms with Crippen LogP contribution < -0.4 is 5.63 Å². The van der Waals surface area contributed by atoms with Crippen molar-refractivity contribution in [2.24, 2.45) is 0 Å². The van der Waals surface area contributed by atoms with Gasteiger partial charge < -0.3 is 4.42 Å². The molecule has 0 aliphatic rings. The molecule has 0 spiro atoms. The zero-order valence-electron chi connectivity index (χ0n) is 7.00. The van der Waals surface area contributed by atoms with Crippen LogP contribution in [-0.2, 0) is 0 Å². The summed E-state index contributed by atoms with van der Waals surface area (Å²) in [5.41, 5.74) is 1.55. The summed E-state index contributed by atoms with van der Waals surface area (Å²) < 4.78 is 6.17. The smallest absolute Gasteiger partial charge is 0.336 e. The van der Waals surface area contributed by atoms with Gasteiger partial charge in [-0.2, -0.15) is 0 Å². The highest BCUT2D eigenvalue weighted by atomic mass is 127. The van der Waals surface area contributed by atoms with Gasteiger partial charge >= 0.3 is 5.63 Å². The number of benzene rings is 1. The van der Waals surface area contributed by atoms with E-state index in [0.717, 1.165) is 8.96 Å². The first-order valence-electron chi connectivity index (χ1n) is 3.87. The van der Waals surface area contributed by atoms with E-state index in [-0.39, 0.29) is 5.63 Å². The van der Waals surface area contributed by atoms with Gasteiger partial charge in [0.2, 0.25) is 0 Å². The Labute approximate surface area is 88.7 Å². The maximum Gasteiger partial charge on any atom is 0.336 e. The minimum absolute atomic E-state index is 0.299. The van der Waals surface area contributed by atoms with Crippen LogP contribution in [0.5, 0.6) is 0 Å². The molecule has 0 unspecified atom stereocenters. The molecular weight excluding hydrogens is 279 g/mol. The summed E-state index contributed by atoms with van der Waals surface area (Å²) in [5.74, 6) is 0. The van der Waals surface area contributed by atoms with Crippen LogP contribution in [0, 0.1) is 10.5 Å². The van der Waals surface area contributed by atoms with Gasteiger partial charge in [-0.3, -0.25) is 0 Å². The third-order valence-electron chi connectivity index (χ3n) is 1.93. The van der Waals surface area contributed by atoms with Crippen molar-refractivity contribution in [3.8, 4) is 0 Å². The van der Waals surface area contributed by atoms with Crippen LogP contribution >= 0.6 is 22.6 Å². The Morgan fingerprint density at radius 1 is 1.23 bits per heavy atom. The molecule has 13 heavy (non-hydrogen) atoms. The first kappa shape index (κ1) is 8.74. The quantitative estimate of drug-likeness (QED) is 0.550. The van der Waals surface area contributed by atoms with E-state index in [1.54, 1.807) is 6.07 Å². The average molecular weight is 286 g/mol. The summed E-state index contributed by atoms with van der Waals surface area (Å²) in [6.45, 7) is 2.03. The van der Waals surface area contributed by atoms with E-state index < -0.39 is 0 Å². The Morgan fingerprint density at radius 3 is 2.77 bits per heavy atom. The predicted molar refractivity (Wildman–Crippen MR) is 59.9 cm³/mol. The van der Waals surface area contributed by atoms with E-state index in [2.05, 4.69) is 22.6 Å². The Kier molecular flexibility index (Phi) is 2.11. The fraction of sp³-hybridized carbons (Fsp3) is 0.100. The van der Waals surface area contributed by atoms with Crippen LogP contribution in [0.4, 0.5) is 0 Å². The van der Waals surface area contributed by atoms with Gasteiger partial charge in [0.05, 0.1) is 0 Å². The molecule has 1 aromatic carbocycles. The van der Waals surface area contributed by atoms with Crippen molar-refractivity contribution in [3.63, 3.8) is 0 Å². The van der Waals surface area contributed by atoms with Gasteiger partial charge in [0.1, 0.15) is 5.58 Å². The number of fused-ring (bicyclic) bond motifs is 1. The van der Waals surface area contributed by atoms with Crippen LogP contribution in [0.25, 0.3) is 11.0 Å². The summed E-state index contributed by atoms with van der Waals surface area (Å²) in [6.07, 6.45) is 0. The van der Waals surface area contributed by atoms with Crippen molar-refractivity contribution in [2.45, 2.75) is 6.92 Å². The molecule has 0 radical (unpaired) electrons. The molecule has 2 nitrogen and oxygen atoms in total. The van der Waals surface area contributed by atoms with Crippen LogP contribution in [0.1, 0.15) is 5.56 Å². The number of halogens is 1. The van der Waals surface area contributed by atoms with E-state index in [1.807, 2.05) is 19.1 Å². The van der Waals surface area contributed by atoms with Crippen molar-refractivity contribution in [1.82, 2.24) is 0 Å². The number of hydrogen-bond acceptors (Lipinski definition) is 2. The van der Waals surface area contributed by atoms with Gasteiger partial charge in [0.15, 0.2) is 0 Å². The summed E-state index contributed by atoms with van der Waals surface area (Å²) >= 11 is 2.25. The van der Waals surface area contributed by atoms with Crippen molar-refractivity contribution < 1.29 is 4.42 Å². The molecular formula is C10H7IO2. The predicted octanol–water partition coefficient (Wildman–Crippen LogP) is 2.71. The summed E-state index contributed by atoms with van der Waals surface area (Å²) in [6, 6.07) is 7.03. The number of rotatable bonds is 0. The second kappa shape index (κ2) is 3.14. The lowest BCUT2D eigenvalue weighted by Gasteiger charge is -2.01. The minimum atomic E-state index is -0.299. The molecule has 0 amide bonds. The third kappa shape index (κ3) is 1.48. The highest BCUT2D eigenvalue weighted by Crippen LogP contribution is 2.22. The zero-order chi connectivity index (χ0) is 9.42. The molecule has 0 bridgehead atoms. The molecule has 3 heteroatoms. The van der Waals surface area contributed by atoms with Gasteiger partial charge in [0.25, 0.3) is 0 Å². The van der Waals surface area contributed by atoms with Crippen molar-refractivity contribution in [3.05, 3.63) is 43.8 Å². The fourth-order valence-electron chi connectivity index (χ4n) is 1.22. The van der Waals surface area contributed by atoms with E-state index >= 15 is 0 Å². The summed E-state index contributed by atoms with van der Waals surface area (Å²) in [4.78, 5) is 10.9. The maximum atomic E-state index is 10.9. The second-order valence-electron chi connectivity index (χ2n) is 2.86. The first-order chi connectivity index (χ1) is 6.18. The molecule has 0 aliphatic carbocycles. The lowest BCUT2D eigenvalue weighted by Crippen LogP contribution is -1.95. The van der Waals surface area contributed by atoms with Crippen molar-refractivity contribution in [2.75, 3.05) is 0 Å². The maximum absolute atomic E-state index is 10.9. The van der Waals surface area contributed by atoms with Crippen LogP contribution in [0.15, 0.2) is 33.5 Å². The lowest BCUT2D eigenvalue weighted by molar-refractivity contribution is 0.561. The SMILES string of the molecule is Cc1ccc2oc(=O)ccc2c1I. The van der Waals surface area contributed by atoms with Crippen molar-refractivity contribution >= 4 is 33.6 Å². The highest BCUT2D eigenvalue weighted by molar-refractivity contribution is 14.1. The van der Waals surface area contributed by atoms with E-state index in [0.29, 0.717) is 5.58 Å². The number of hydrogen-bond donors (Lipinski definition) is 0. The molecule has 0 N–H and O–H groups in total. The average Bonchev–Trinajstić information content (AvgIpc) is 2.12. The molecule has 0 saturated heterocycles. The van der Waals surface area contributed by atoms with Gasteiger partial charge in [0, 0.05) is 15.0 Å². The normalized spacial score (nSPS) is 10.6. The summed E-state index contributed by atoms with van der Waals surface area (Å²) in [7, 11) is 0. The largest absolute Gasteiger partial charge is 0.423 e. The Morgan fingerprint density at radius 2 is 2.00 bits per heavy atom. The molecule has 2 aromatic rings. The minimum Gasteiger partial charge on any atom is -0.423 e. The van der Waals surface area contributed by atoms with Gasteiger partial charge in [-0.05, 0) is 47.2 Å². The summed E-state index contributed by atoms with van der Waals surface area (Å²) in [5, 5.41) is 1.00. The Hall–Kier alpha value is -0.840. The Balaban J connectivity index is 2.95. The topological polar surface area (TPSA) is 30.2 Å². The van der Waals surface area contributed by atoms with E-state index in [9.17, 15) is 4.79 Å². The molecule has 0 aliphatic heterocycles. The molecule has 0 atom stereocenters. The van der Waals surface area contributed by atoms with Crippen LogP contribution in [0.3, 0.4) is 0 Å². The molecule has 0 saturated carbocycles. The molecule has 66 valence electrons. The van der Waals surface area contributed by atoms with E-state index in [4.69, 9.17) is 4.42 Å². The molecule has 1 heterocycles. The molecule has 0 fully saturated rings. The third-order valence-corrected chi connectivity index (χ3v) is 3.36. The monoisotopic (exact) mass is 286 g/mol. The molecule has 2 rings (SSSR count). The lowest BCUT2D eigenvalue weighted by atomic mass is 10.2. The van der Waals surface area contributed by atoms with Gasteiger partial charge in [-0.1, -0.05) is 6.07 Å². The van der Waals surface area contributed by atoms with Crippen molar-refractivity contribution in [1.29, 1.82) is 0 Å². The fourth-order valence-corrected chi connectivity index (χ4v) is 1.85. The highest BCUT2D eigenvalue weighted by Gasteiger charge is 2.02. The molecule has 1 aromatic heterocycles. The van der Waals surface area contributed by atoms with E-state index in [1.165, 1.54) is 11.6 Å². The van der Waals surface area contributed by atoms with Crippen LogP contribution in [-0.4, -0.2) is 0 Å². The van der Waals surface area contributed by atoms with Gasteiger partial charge in [-0.25, -0.2) is 4.79 Å². The zero-order valence-corrected chi connectivity index (χ0v) is 9.16. The Bertz CT molecular complexity index is 514. The standard InChI is InChI=1S/C10H7IO2/c1-6-2-4-8-7(10(6)11)3-5-9(12)13-8/h2-5H,1H3. The van der Waals surface area contributed by atoms with Crippen LogP contribution in [0.2, 0.25) is 0 Å². The first-order valence-corrected chi connectivity index (χ1v) is 4.95. The van der Waals surface area contributed by atoms with Gasteiger partial charge in [-0.15, -0.1) is 0 Å².